The van der Waals surface area contributed by atoms with Crippen LogP contribution in [0, 0.1) is 11.7 Å². The monoisotopic (exact) mass is 416 g/mol. The van der Waals surface area contributed by atoms with E-state index in [2.05, 4.69) is 15.3 Å². The zero-order chi connectivity index (χ0) is 20.4. The minimum absolute atomic E-state index is 0.0298. The number of aromatic amines is 1. The Kier molecular flexibility index (Phi) is 5.33. The summed E-state index contributed by atoms with van der Waals surface area (Å²) in [5.74, 6) is -0.496. The number of piperidine rings is 1. The Bertz CT molecular complexity index is 1100. The van der Waals surface area contributed by atoms with Gasteiger partial charge >= 0.3 is 0 Å². The molecule has 1 saturated heterocycles. The van der Waals surface area contributed by atoms with Crippen LogP contribution in [0.5, 0.6) is 0 Å². The molecule has 4 rings (SSSR count). The Morgan fingerprint density at radius 2 is 1.97 bits per heavy atom. The third-order valence-electron chi connectivity index (χ3n) is 5.07. The van der Waals surface area contributed by atoms with Crippen molar-refractivity contribution in [1.82, 2.24) is 19.6 Å². The summed E-state index contributed by atoms with van der Waals surface area (Å²) in [5.41, 5.74) is 1.72. The summed E-state index contributed by atoms with van der Waals surface area (Å²) < 4.78 is 40.0. The van der Waals surface area contributed by atoms with Gasteiger partial charge in [-0.25, -0.2) is 17.8 Å². The number of halogens is 1. The average Bonchev–Trinajstić information content (AvgIpc) is 3.15. The minimum atomic E-state index is -3.76. The van der Waals surface area contributed by atoms with Crippen molar-refractivity contribution >= 4 is 27.0 Å². The first-order valence-electron chi connectivity index (χ1n) is 9.40. The molecule has 0 bridgehead atoms. The van der Waals surface area contributed by atoms with Crippen molar-refractivity contribution in [3.63, 3.8) is 0 Å². The molecule has 2 heterocycles. The third kappa shape index (κ3) is 4.15. The lowest BCUT2D eigenvalue weighted by molar-refractivity contribution is -0.126. The van der Waals surface area contributed by atoms with Gasteiger partial charge in [-0.05, 0) is 49.2 Å². The van der Waals surface area contributed by atoms with Gasteiger partial charge in [0.1, 0.15) is 11.6 Å². The smallest absolute Gasteiger partial charge is 0.243 e. The number of carbonyl (C=O) groups is 1. The standard InChI is InChI=1S/C20H21FN4O3S/c21-15-7-9-16(10-8-15)29(27,28)25-11-3-4-14(13-25)20(26)22-12-19-23-17-5-1-2-6-18(17)24-19/h1-2,5-10,14H,3-4,11-13H2,(H,22,26)(H,23,24). The van der Waals surface area contributed by atoms with E-state index >= 15 is 0 Å². The van der Waals surface area contributed by atoms with Gasteiger partial charge in [0.25, 0.3) is 0 Å². The molecule has 7 nitrogen and oxygen atoms in total. The first-order chi connectivity index (χ1) is 13.9. The van der Waals surface area contributed by atoms with Crippen LogP contribution in [0.3, 0.4) is 0 Å². The number of carbonyl (C=O) groups excluding carboxylic acids is 1. The second-order valence-electron chi connectivity index (χ2n) is 7.07. The van der Waals surface area contributed by atoms with Crippen LogP contribution in [0.25, 0.3) is 11.0 Å². The van der Waals surface area contributed by atoms with Crippen LogP contribution >= 0.6 is 0 Å². The summed E-state index contributed by atoms with van der Waals surface area (Å²) in [6, 6.07) is 12.3. The van der Waals surface area contributed by atoms with Crippen molar-refractivity contribution in [2.75, 3.05) is 13.1 Å². The molecule has 152 valence electrons. The number of nitrogens with zero attached hydrogens (tertiary/aromatic N) is 2. The third-order valence-corrected chi connectivity index (χ3v) is 6.95. The molecule has 9 heteroatoms. The molecule has 0 radical (unpaired) electrons. The van der Waals surface area contributed by atoms with E-state index in [4.69, 9.17) is 0 Å². The highest BCUT2D eigenvalue weighted by Crippen LogP contribution is 2.24. The molecule has 1 aliphatic rings. The lowest BCUT2D eigenvalue weighted by Crippen LogP contribution is -2.45. The zero-order valence-corrected chi connectivity index (χ0v) is 16.5. The van der Waals surface area contributed by atoms with E-state index in [1.807, 2.05) is 24.3 Å². The van der Waals surface area contributed by atoms with Gasteiger partial charge in [0, 0.05) is 13.1 Å². The van der Waals surface area contributed by atoms with Crippen molar-refractivity contribution in [1.29, 1.82) is 0 Å². The fourth-order valence-corrected chi connectivity index (χ4v) is 5.06. The van der Waals surface area contributed by atoms with Gasteiger partial charge < -0.3 is 10.3 Å². The SMILES string of the molecule is O=C(NCc1nc2ccccc2[nH]1)C1CCCN(S(=O)(=O)c2ccc(F)cc2)C1. The molecule has 2 aromatic carbocycles. The number of fused-ring (bicyclic) bond motifs is 1. The number of amides is 1. The van der Waals surface area contributed by atoms with Gasteiger partial charge in [-0.2, -0.15) is 4.31 Å². The molecule has 3 aromatic rings. The number of H-pyrrole nitrogens is 1. The van der Waals surface area contributed by atoms with E-state index < -0.39 is 21.8 Å². The summed E-state index contributed by atoms with van der Waals surface area (Å²) in [6.45, 7) is 0.688. The van der Waals surface area contributed by atoms with E-state index in [-0.39, 0.29) is 23.9 Å². The number of hydrogen-bond acceptors (Lipinski definition) is 4. The zero-order valence-electron chi connectivity index (χ0n) is 15.6. The Hall–Kier alpha value is -2.78. The number of nitrogens with one attached hydrogen (secondary N) is 2. The fraction of sp³-hybridized carbons (Fsp3) is 0.300. The van der Waals surface area contributed by atoms with Gasteiger partial charge in [-0.1, -0.05) is 12.1 Å². The summed E-state index contributed by atoms with van der Waals surface area (Å²) in [5, 5.41) is 2.85. The highest BCUT2D eigenvalue weighted by Gasteiger charge is 2.33. The molecule has 1 unspecified atom stereocenters. The van der Waals surface area contributed by atoms with Gasteiger partial charge in [0.2, 0.25) is 15.9 Å². The quantitative estimate of drug-likeness (QED) is 0.668. The molecule has 1 atom stereocenters. The number of para-hydroxylation sites is 2. The number of aromatic nitrogens is 2. The predicted molar refractivity (Wildman–Crippen MR) is 106 cm³/mol. The van der Waals surface area contributed by atoms with Crippen LogP contribution in [-0.2, 0) is 21.4 Å². The van der Waals surface area contributed by atoms with Crippen LogP contribution in [0.4, 0.5) is 4.39 Å². The van der Waals surface area contributed by atoms with Crippen molar-refractivity contribution in [3.05, 3.63) is 60.2 Å². The van der Waals surface area contributed by atoms with E-state index in [9.17, 15) is 17.6 Å². The Balaban J connectivity index is 1.40. The van der Waals surface area contributed by atoms with E-state index in [1.165, 1.54) is 16.4 Å². The summed E-state index contributed by atoms with van der Waals surface area (Å²) in [7, 11) is -3.76. The maximum atomic E-state index is 13.1. The Morgan fingerprint density at radius 3 is 2.72 bits per heavy atom. The molecule has 0 aliphatic carbocycles. The number of sulfonamides is 1. The topological polar surface area (TPSA) is 95.2 Å². The molecule has 2 N–H and O–H groups in total. The van der Waals surface area contributed by atoms with Gasteiger partial charge in [0.05, 0.1) is 28.4 Å². The molecule has 1 fully saturated rings. The van der Waals surface area contributed by atoms with Crippen LogP contribution in [0.2, 0.25) is 0 Å². The van der Waals surface area contributed by atoms with Gasteiger partial charge in [0.15, 0.2) is 0 Å². The van der Waals surface area contributed by atoms with Crippen LogP contribution in [-0.4, -0.2) is 41.7 Å². The first kappa shape index (κ1) is 19.5. The van der Waals surface area contributed by atoms with Gasteiger partial charge in [-0.15, -0.1) is 0 Å². The summed E-state index contributed by atoms with van der Waals surface area (Å²) in [6.07, 6.45) is 1.20. The van der Waals surface area contributed by atoms with Crippen LogP contribution in [0.1, 0.15) is 18.7 Å². The molecular weight excluding hydrogens is 395 g/mol. The van der Waals surface area contributed by atoms with Crippen molar-refractivity contribution in [3.8, 4) is 0 Å². The van der Waals surface area contributed by atoms with Crippen LogP contribution in [0.15, 0.2) is 53.4 Å². The average molecular weight is 416 g/mol. The minimum Gasteiger partial charge on any atom is -0.349 e. The normalized spacial score (nSPS) is 18.0. The molecule has 29 heavy (non-hydrogen) atoms. The first-order valence-corrected chi connectivity index (χ1v) is 10.8. The molecule has 1 amide bonds. The molecule has 0 spiro atoms. The van der Waals surface area contributed by atoms with Crippen LogP contribution < -0.4 is 5.32 Å². The van der Waals surface area contributed by atoms with E-state index in [0.29, 0.717) is 25.2 Å². The van der Waals surface area contributed by atoms with Crippen molar-refractivity contribution < 1.29 is 17.6 Å². The fourth-order valence-electron chi connectivity index (χ4n) is 3.53. The molecule has 0 saturated carbocycles. The highest BCUT2D eigenvalue weighted by atomic mass is 32.2. The second-order valence-corrected chi connectivity index (χ2v) is 9.01. The Morgan fingerprint density at radius 1 is 1.21 bits per heavy atom. The van der Waals surface area contributed by atoms with E-state index in [1.54, 1.807) is 0 Å². The van der Waals surface area contributed by atoms with Crippen molar-refractivity contribution in [2.24, 2.45) is 5.92 Å². The predicted octanol–water partition coefficient (Wildman–Crippen LogP) is 2.42. The summed E-state index contributed by atoms with van der Waals surface area (Å²) >= 11 is 0. The van der Waals surface area contributed by atoms with E-state index in [0.717, 1.165) is 23.2 Å². The number of imidazole rings is 1. The molecule has 1 aromatic heterocycles. The Labute approximate surface area is 168 Å². The lowest BCUT2D eigenvalue weighted by atomic mass is 9.99. The number of rotatable bonds is 5. The maximum absolute atomic E-state index is 13.1. The largest absolute Gasteiger partial charge is 0.349 e. The van der Waals surface area contributed by atoms with Gasteiger partial charge in [-0.3, -0.25) is 4.79 Å². The summed E-state index contributed by atoms with van der Waals surface area (Å²) in [4.78, 5) is 20.2. The molecule has 1 aliphatic heterocycles. The number of hydrogen-bond donors (Lipinski definition) is 2. The molecular formula is C20H21FN4O3S. The van der Waals surface area contributed by atoms with Crippen molar-refractivity contribution in [2.45, 2.75) is 24.3 Å². The second kappa shape index (κ2) is 7.92. The maximum Gasteiger partial charge on any atom is 0.243 e. The number of benzene rings is 2. The lowest BCUT2D eigenvalue weighted by Gasteiger charge is -2.31. The highest BCUT2D eigenvalue weighted by molar-refractivity contribution is 7.89.